The summed E-state index contributed by atoms with van der Waals surface area (Å²) in [6.45, 7) is 2.83. The minimum absolute atomic E-state index is 0.0488. The van der Waals surface area contributed by atoms with Crippen LogP contribution in [0.5, 0.6) is 0 Å². The molecule has 0 aromatic heterocycles. The zero-order valence-electron chi connectivity index (χ0n) is 13.1. The van der Waals surface area contributed by atoms with Crippen molar-refractivity contribution in [2.45, 2.75) is 90.0 Å². The summed E-state index contributed by atoms with van der Waals surface area (Å²) in [6, 6.07) is 0.0488. The van der Waals surface area contributed by atoms with Crippen LogP contribution in [0.3, 0.4) is 0 Å². The molecule has 4 N–H and O–H groups in total. The van der Waals surface area contributed by atoms with E-state index in [0.717, 1.165) is 6.42 Å². The third-order valence-corrected chi connectivity index (χ3v) is 3.63. The molecule has 0 aromatic rings. The first-order valence-corrected chi connectivity index (χ1v) is 8.43. The Kier molecular flexibility index (Phi) is 15.4. The number of hydrogen-bond donors (Lipinski definition) is 2. The Balaban J connectivity index is 3.05. The van der Waals surface area contributed by atoms with Crippen molar-refractivity contribution in [3.8, 4) is 0 Å². The van der Waals surface area contributed by atoms with Gasteiger partial charge in [0.2, 0.25) is 0 Å². The summed E-state index contributed by atoms with van der Waals surface area (Å²) in [4.78, 5) is 0. The predicted octanol–water partition coefficient (Wildman–Crippen LogP) is 4.53. The van der Waals surface area contributed by atoms with E-state index in [1.165, 1.54) is 70.6 Å². The molecule has 0 aliphatic rings. The molecule has 0 saturated carbocycles. The molecule has 1 atom stereocenters. The monoisotopic (exact) mass is 268 g/mol. The summed E-state index contributed by atoms with van der Waals surface area (Å²) in [5, 5.41) is 0. The van der Waals surface area contributed by atoms with Crippen LogP contribution in [0.4, 0.5) is 0 Å². The lowest BCUT2D eigenvalue weighted by atomic mass is 10.1. The SMILES string of the molecule is CCCCCCCCCCCCCC=CC(N)CN. The average Bonchev–Trinajstić information content (AvgIpc) is 2.43. The highest BCUT2D eigenvalue weighted by molar-refractivity contribution is 4.91. The maximum atomic E-state index is 5.70. The Labute approximate surface area is 121 Å². The summed E-state index contributed by atoms with van der Waals surface area (Å²) >= 11 is 0. The second kappa shape index (κ2) is 15.7. The Morgan fingerprint density at radius 2 is 1.26 bits per heavy atom. The molecule has 0 aliphatic heterocycles. The molecule has 0 aliphatic carbocycles. The van der Waals surface area contributed by atoms with Crippen LogP contribution in [0.25, 0.3) is 0 Å². The van der Waals surface area contributed by atoms with E-state index < -0.39 is 0 Å². The van der Waals surface area contributed by atoms with Gasteiger partial charge in [-0.1, -0.05) is 83.3 Å². The molecule has 1 unspecified atom stereocenters. The second-order valence-corrected chi connectivity index (χ2v) is 5.65. The summed E-state index contributed by atoms with van der Waals surface area (Å²) in [5.41, 5.74) is 11.1. The van der Waals surface area contributed by atoms with Crippen molar-refractivity contribution in [2.75, 3.05) is 6.54 Å². The second-order valence-electron chi connectivity index (χ2n) is 5.65. The van der Waals surface area contributed by atoms with Crippen molar-refractivity contribution in [2.24, 2.45) is 11.5 Å². The summed E-state index contributed by atoms with van der Waals surface area (Å²) in [7, 11) is 0. The number of rotatable bonds is 14. The van der Waals surface area contributed by atoms with Crippen LogP contribution in [-0.2, 0) is 0 Å². The van der Waals surface area contributed by atoms with Crippen molar-refractivity contribution in [3.05, 3.63) is 12.2 Å². The average molecular weight is 268 g/mol. The maximum absolute atomic E-state index is 5.70. The molecule has 0 heterocycles. The maximum Gasteiger partial charge on any atom is 0.0348 e. The topological polar surface area (TPSA) is 52.0 Å². The molecule has 0 saturated heterocycles. The molecule has 0 fully saturated rings. The third-order valence-electron chi connectivity index (χ3n) is 3.63. The highest BCUT2D eigenvalue weighted by Gasteiger charge is 1.93. The quantitative estimate of drug-likeness (QED) is 0.359. The van der Waals surface area contributed by atoms with Gasteiger partial charge < -0.3 is 11.5 Å². The minimum atomic E-state index is 0.0488. The van der Waals surface area contributed by atoms with Gasteiger partial charge in [0.05, 0.1) is 0 Å². The predicted molar refractivity (Wildman–Crippen MR) is 87.2 cm³/mol. The molecular formula is C17H36N2. The Hall–Kier alpha value is -0.340. The molecule has 19 heavy (non-hydrogen) atoms. The highest BCUT2D eigenvalue weighted by atomic mass is 14.7. The fourth-order valence-corrected chi connectivity index (χ4v) is 2.28. The van der Waals surface area contributed by atoms with Crippen LogP contribution in [-0.4, -0.2) is 12.6 Å². The molecule has 0 rings (SSSR count). The van der Waals surface area contributed by atoms with Gasteiger partial charge in [-0.3, -0.25) is 0 Å². The smallest absolute Gasteiger partial charge is 0.0348 e. The van der Waals surface area contributed by atoms with Crippen LogP contribution < -0.4 is 11.5 Å². The lowest BCUT2D eigenvalue weighted by Gasteiger charge is -2.02. The van der Waals surface area contributed by atoms with Crippen LogP contribution >= 0.6 is 0 Å². The summed E-state index contributed by atoms with van der Waals surface area (Å²) in [5.74, 6) is 0. The Morgan fingerprint density at radius 1 is 0.789 bits per heavy atom. The molecule has 0 radical (unpaired) electrons. The fourth-order valence-electron chi connectivity index (χ4n) is 2.28. The molecule has 0 aromatic carbocycles. The first kappa shape index (κ1) is 18.7. The van der Waals surface area contributed by atoms with E-state index in [0.29, 0.717) is 6.54 Å². The van der Waals surface area contributed by atoms with Gasteiger partial charge in [-0.05, 0) is 12.8 Å². The zero-order chi connectivity index (χ0) is 14.2. The number of unbranched alkanes of at least 4 members (excludes halogenated alkanes) is 11. The van der Waals surface area contributed by atoms with Crippen molar-refractivity contribution in [1.29, 1.82) is 0 Å². The molecular weight excluding hydrogens is 232 g/mol. The molecule has 2 heteroatoms. The number of hydrogen-bond acceptors (Lipinski definition) is 2. The number of allylic oxidation sites excluding steroid dienone is 1. The van der Waals surface area contributed by atoms with Gasteiger partial charge in [0, 0.05) is 12.6 Å². The van der Waals surface area contributed by atoms with Gasteiger partial charge in [0.25, 0.3) is 0 Å². The van der Waals surface area contributed by atoms with Gasteiger partial charge >= 0.3 is 0 Å². The van der Waals surface area contributed by atoms with Gasteiger partial charge in [-0.25, -0.2) is 0 Å². The normalized spacial score (nSPS) is 13.2. The van der Waals surface area contributed by atoms with E-state index in [4.69, 9.17) is 11.5 Å². The van der Waals surface area contributed by atoms with Crippen LogP contribution in [0.2, 0.25) is 0 Å². The fraction of sp³-hybridized carbons (Fsp3) is 0.882. The van der Waals surface area contributed by atoms with Crippen molar-refractivity contribution in [3.63, 3.8) is 0 Å². The van der Waals surface area contributed by atoms with Crippen molar-refractivity contribution in [1.82, 2.24) is 0 Å². The van der Waals surface area contributed by atoms with E-state index in [9.17, 15) is 0 Å². The van der Waals surface area contributed by atoms with Gasteiger partial charge in [-0.15, -0.1) is 0 Å². The Morgan fingerprint density at radius 3 is 1.74 bits per heavy atom. The van der Waals surface area contributed by atoms with Crippen LogP contribution in [0.1, 0.15) is 84.0 Å². The molecule has 2 nitrogen and oxygen atoms in total. The Bertz CT molecular complexity index is 190. The highest BCUT2D eigenvalue weighted by Crippen LogP contribution is 2.11. The van der Waals surface area contributed by atoms with Crippen LogP contribution in [0.15, 0.2) is 12.2 Å². The van der Waals surface area contributed by atoms with E-state index in [1.807, 2.05) is 6.08 Å². The lowest BCUT2D eigenvalue weighted by molar-refractivity contribution is 0.550. The van der Waals surface area contributed by atoms with Crippen LogP contribution in [0, 0.1) is 0 Å². The first-order valence-electron chi connectivity index (χ1n) is 8.43. The molecule has 114 valence electrons. The molecule has 0 spiro atoms. The van der Waals surface area contributed by atoms with E-state index in [2.05, 4.69) is 13.0 Å². The van der Waals surface area contributed by atoms with Crippen molar-refractivity contribution < 1.29 is 0 Å². The first-order chi connectivity index (χ1) is 9.31. The van der Waals surface area contributed by atoms with Gasteiger partial charge in [0.1, 0.15) is 0 Å². The van der Waals surface area contributed by atoms with Gasteiger partial charge in [-0.2, -0.15) is 0 Å². The third kappa shape index (κ3) is 15.6. The zero-order valence-corrected chi connectivity index (χ0v) is 13.1. The van der Waals surface area contributed by atoms with E-state index in [1.54, 1.807) is 0 Å². The summed E-state index contributed by atoms with van der Waals surface area (Å²) < 4.78 is 0. The standard InChI is InChI=1S/C17H36N2/c1-2-3-4-5-6-7-8-9-10-11-12-13-14-15-17(19)16-18/h14-15,17H,2-13,16,18-19H2,1H3. The minimum Gasteiger partial charge on any atom is -0.329 e. The van der Waals surface area contributed by atoms with E-state index in [-0.39, 0.29) is 6.04 Å². The summed E-state index contributed by atoms with van der Waals surface area (Å²) in [6.07, 6.45) is 20.8. The van der Waals surface area contributed by atoms with Gasteiger partial charge in [0.15, 0.2) is 0 Å². The van der Waals surface area contributed by atoms with E-state index >= 15 is 0 Å². The lowest BCUT2D eigenvalue weighted by Crippen LogP contribution is -2.26. The van der Waals surface area contributed by atoms with Crippen molar-refractivity contribution >= 4 is 0 Å². The molecule has 0 amide bonds. The largest absolute Gasteiger partial charge is 0.329 e. The number of nitrogens with two attached hydrogens (primary N) is 2. The molecule has 0 bridgehead atoms.